The normalized spacial score (nSPS) is 13.5. The summed E-state index contributed by atoms with van der Waals surface area (Å²) in [6, 6.07) is 16.6. The number of ether oxygens (including phenoxy) is 1. The van der Waals surface area contributed by atoms with Crippen molar-refractivity contribution in [2.24, 2.45) is 7.05 Å². The van der Waals surface area contributed by atoms with E-state index in [0.29, 0.717) is 16.9 Å². The Hall–Kier alpha value is -4.20. The zero-order valence-electron chi connectivity index (χ0n) is 19.9. The molecule has 178 valence electrons. The molecule has 1 N–H and O–H groups in total. The molecule has 0 fully saturated rings. The SMILES string of the molecule is Cc1c(NC(=O)[C@H](C)OC(=O)c2c3c(nc4ccccc24)CCC3)c(=O)n(-c2ccccc2)n1C. The van der Waals surface area contributed by atoms with Crippen molar-refractivity contribution in [3.63, 3.8) is 0 Å². The molecule has 2 aromatic heterocycles. The first-order valence-electron chi connectivity index (χ1n) is 11.6. The maximum Gasteiger partial charge on any atom is 0.339 e. The summed E-state index contributed by atoms with van der Waals surface area (Å²) in [5.41, 5.74) is 4.08. The molecule has 8 heteroatoms. The largest absolute Gasteiger partial charge is 0.449 e. The number of amides is 1. The molecule has 0 saturated carbocycles. The van der Waals surface area contributed by atoms with E-state index in [1.165, 1.54) is 11.6 Å². The highest BCUT2D eigenvalue weighted by molar-refractivity contribution is 6.06. The third kappa shape index (κ3) is 3.90. The van der Waals surface area contributed by atoms with Crippen LogP contribution >= 0.6 is 0 Å². The van der Waals surface area contributed by atoms with E-state index in [4.69, 9.17) is 9.72 Å². The number of hydrogen-bond donors (Lipinski definition) is 1. The lowest BCUT2D eigenvalue weighted by atomic mass is 10.0. The van der Waals surface area contributed by atoms with Gasteiger partial charge in [-0.15, -0.1) is 0 Å². The number of hydrogen-bond acceptors (Lipinski definition) is 5. The summed E-state index contributed by atoms with van der Waals surface area (Å²) in [6.45, 7) is 3.25. The Balaban J connectivity index is 1.40. The minimum atomic E-state index is -1.10. The third-order valence-corrected chi connectivity index (χ3v) is 6.58. The van der Waals surface area contributed by atoms with Crippen molar-refractivity contribution in [1.82, 2.24) is 14.3 Å². The van der Waals surface area contributed by atoms with Crippen LogP contribution in [0, 0.1) is 6.92 Å². The first-order valence-corrected chi connectivity index (χ1v) is 11.6. The number of para-hydroxylation sites is 2. The Morgan fingerprint density at radius 1 is 1.06 bits per heavy atom. The lowest BCUT2D eigenvalue weighted by molar-refractivity contribution is -0.123. The number of nitrogens with zero attached hydrogens (tertiary/aromatic N) is 3. The van der Waals surface area contributed by atoms with Crippen molar-refractivity contribution < 1.29 is 14.3 Å². The fraction of sp³-hybridized carbons (Fsp3) is 0.259. The van der Waals surface area contributed by atoms with Crippen LogP contribution in [0.15, 0.2) is 59.4 Å². The molecule has 0 saturated heterocycles. The van der Waals surface area contributed by atoms with Gasteiger partial charge in [-0.1, -0.05) is 36.4 Å². The number of carbonyl (C=O) groups is 2. The van der Waals surface area contributed by atoms with Crippen LogP contribution < -0.4 is 10.9 Å². The molecule has 35 heavy (non-hydrogen) atoms. The lowest BCUT2D eigenvalue weighted by Gasteiger charge is -2.16. The average Bonchev–Trinajstić information content (AvgIpc) is 3.40. The van der Waals surface area contributed by atoms with Crippen LogP contribution in [-0.4, -0.2) is 32.3 Å². The molecule has 1 aliphatic carbocycles. The Bertz CT molecular complexity index is 1520. The zero-order valence-corrected chi connectivity index (χ0v) is 19.9. The van der Waals surface area contributed by atoms with E-state index in [-0.39, 0.29) is 11.2 Å². The predicted octanol–water partition coefficient (Wildman–Crippen LogP) is 3.71. The van der Waals surface area contributed by atoms with Gasteiger partial charge in [0.1, 0.15) is 5.69 Å². The molecule has 8 nitrogen and oxygen atoms in total. The van der Waals surface area contributed by atoms with Gasteiger partial charge in [0.25, 0.3) is 11.5 Å². The minimum absolute atomic E-state index is 0.152. The van der Waals surface area contributed by atoms with Crippen LogP contribution in [0.4, 0.5) is 5.69 Å². The smallest absolute Gasteiger partial charge is 0.339 e. The Labute approximate surface area is 202 Å². The summed E-state index contributed by atoms with van der Waals surface area (Å²) in [7, 11) is 1.75. The number of aryl methyl sites for hydroxylation is 1. The lowest BCUT2D eigenvalue weighted by Crippen LogP contribution is -2.32. The maximum atomic E-state index is 13.3. The number of carbonyl (C=O) groups excluding carboxylic acids is 2. The van der Waals surface area contributed by atoms with Crippen molar-refractivity contribution in [2.45, 2.75) is 39.2 Å². The summed E-state index contributed by atoms with van der Waals surface area (Å²) in [5, 5.41) is 3.39. The van der Waals surface area contributed by atoms with Gasteiger partial charge in [-0.25, -0.2) is 9.48 Å². The number of benzene rings is 2. The fourth-order valence-corrected chi connectivity index (χ4v) is 4.65. The highest BCUT2D eigenvalue weighted by Crippen LogP contribution is 2.30. The van der Waals surface area contributed by atoms with Crippen molar-refractivity contribution in [1.29, 1.82) is 0 Å². The van der Waals surface area contributed by atoms with Gasteiger partial charge in [0, 0.05) is 18.1 Å². The number of fused-ring (bicyclic) bond motifs is 2. The van der Waals surface area contributed by atoms with E-state index in [1.54, 1.807) is 18.7 Å². The van der Waals surface area contributed by atoms with Gasteiger partial charge >= 0.3 is 5.97 Å². The summed E-state index contributed by atoms with van der Waals surface area (Å²) in [5.74, 6) is -1.13. The van der Waals surface area contributed by atoms with Crippen molar-refractivity contribution >= 4 is 28.5 Å². The molecule has 1 atom stereocenters. The number of esters is 1. The van der Waals surface area contributed by atoms with E-state index in [0.717, 1.165) is 41.4 Å². The van der Waals surface area contributed by atoms with Crippen molar-refractivity contribution in [3.05, 3.63) is 87.5 Å². The monoisotopic (exact) mass is 470 g/mol. The first kappa shape index (κ1) is 22.6. The van der Waals surface area contributed by atoms with Gasteiger partial charge in [0.15, 0.2) is 6.10 Å². The molecule has 1 aliphatic rings. The number of rotatable bonds is 5. The predicted molar refractivity (Wildman–Crippen MR) is 133 cm³/mol. The molecule has 4 aromatic rings. The standard InChI is InChI=1S/C27H26N4O4/c1-16-24(26(33)31(30(16)3)18-10-5-4-6-11-18)29-25(32)17(2)35-27(34)23-19-12-7-8-14-21(19)28-22-15-9-13-20(22)23/h4-8,10-12,14,17H,9,13,15H2,1-3H3,(H,29,32)/t17-/m0/s1. The molecule has 1 amide bonds. The second-order valence-corrected chi connectivity index (χ2v) is 8.76. The highest BCUT2D eigenvalue weighted by atomic mass is 16.5. The topological polar surface area (TPSA) is 95.2 Å². The van der Waals surface area contributed by atoms with Crippen LogP contribution in [0.25, 0.3) is 16.6 Å². The summed E-state index contributed by atoms with van der Waals surface area (Å²) < 4.78 is 8.77. The second kappa shape index (κ2) is 8.87. The van der Waals surface area contributed by atoms with Crippen LogP contribution in [-0.2, 0) is 29.4 Å². The van der Waals surface area contributed by atoms with E-state index in [9.17, 15) is 14.4 Å². The van der Waals surface area contributed by atoms with Crippen LogP contribution in [0.5, 0.6) is 0 Å². The van der Waals surface area contributed by atoms with Gasteiger partial charge in [-0.3, -0.25) is 19.3 Å². The van der Waals surface area contributed by atoms with E-state index < -0.39 is 18.0 Å². The molecule has 5 rings (SSSR count). The van der Waals surface area contributed by atoms with Crippen LogP contribution in [0.2, 0.25) is 0 Å². The highest BCUT2D eigenvalue weighted by Gasteiger charge is 2.28. The van der Waals surface area contributed by atoms with Crippen molar-refractivity contribution in [3.8, 4) is 5.69 Å². The van der Waals surface area contributed by atoms with E-state index in [2.05, 4.69) is 5.32 Å². The van der Waals surface area contributed by atoms with E-state index in [1.807, 2.05) is 54.6 Å². The number of pyridine rings is 1. The minimum Gasteiger partial charge on any atom is -0.449 e. The molecule has 0 spiro atoms. The zero-order chi connectivity index (χ0) is 24.7. The number of nitrogens with one attached hydrogen (secondary N) is 1. The third-order valence-electron chi connectivity index (χ3n) is 6.58. The molecule has 0 radical (unpaired) electrons. The van der Waals surface area contributed by atoms with Gasteiger partial charge in [-0.2, -0.15) is 0 Å². The molecular weight excluding hydrogens is 444 g/mol. The van der Waals surface area contributed by atoms with Gasteiger partial charge in [-0.05, 0) is 56.9 Å². The summed E-state index contributed by atoms with van der Waals surface area (Å²) in [4.78, 5) is 44.0. The molecule has 0 bridgehead atoms. The van der Waals surface area contributed by atoms with E-state index >= 15 is 0 Å². The van der Waals surface area contributed by atoms with Gasteiger partial charge < -0.3 is 10.1 Å². The Morgan fingerprint density at radius 3 is 2.54 bits per heavy atom. The molecule has 2 aromatic carbocycles. The second-order valence-electron chi connectivity index (χ2n) is 8.76. The number of aromatic nitrogens is 3. The molecule has 2 heterocycles. The van der Waals surface area contributed by atoms with Gasteiger partial charge in [0.05, 0.1) is 22.5 Å². The molecular formula is C27H26N4O4. The fourth-order valence-electron chi connectivity index (χ4n) is 4.65. The first-order chi connectivity index (χ1) is 16.9. The summed E-state index contributed by atoms with van der Waals surface area (Å²) in [6.07, 6.45) is 1.39. The Morgan fingerprint density at radius 2 is 1.77 bits per heavy atom. The number of anilines is 1. The average molecular weight is 471 g/mol. The summed E-state index contributed by atoms with van der Waals surface area (Å²) >= 11 is 0. The Kier molecular flexibility index (Phi) is 5.72. The molecule has 0 unspecified atom stereocenters. The molecule has 0 aliphatic heterocycles. The quantitative estimate of drug-likeness (QED) is 0.449. The van der Waals surface area contributed by atoms with Crippen LogP contribution in [0.1, 0.15) is 40.7 Å². The van der Waals surface area contributed by atoms with Gasteiger partial charge in [0.2, 0.25) is 0 Å². The maximum absolute atomic E-state index is 13.3. The van der Waals surface area contributed by atoms with Crippen molar-refractivity contribution in [2.75, 3.05) is 5.32 Å². The van der Waals surface area contributed by atoms with Crippen LogP contribution in [0.3, 0.4) is 0 Å².